The highest BCUT2D eigenvalue weighted by molar-refractivity contribution is 6.03. The third-order valence-corrected chi connectivity index (χ3v) is 4.87. The van der Waals surface area contributed by atoms with Gasteiger partial charge < -0.3 is 40.9 Å². The van der Waals surface area contributed by atoms with Crippen molar-refractivity contribution in [1.82, 2.24) is 0 Å². The molecule has 2 aromatic rings. The largest absolute Gasteiger partial charge is 0.492 e. The Morgan fingerprint density at radius 1 is 0.739 bits per heavy atom. The van der Waals surface area contributed by atoms with E-state index in [1.54, 1.807) is 0 Å². The molecule has 2 rings (SSSR count). The molecular formula is C24H20F9N5O8. The molecule has 0 aliphatic rings. The van der Waals surface area contributed by atoms with E-state index in [1.165, 1.54) is 24.3 Å². The summed E-state index contributed by atoms with van der Waals surface area (Å²) in [7, 11) is 0. The highest BCUT2D eigenvalue weighted by atomic mass is 19.4. The number of aliphatic imine (C=N–C) groups is 1. The number of alkyl halides is 9. The van der Waals surface area contributed by atoms with Gasteiger partial charge in [0.15, 0.2) is 11.5 Å². The SMILES string of the molecule is N=C(N)c1cccc(OCCN=C(N)c2cc(OC(=O)C(F)(F)F)c(OC(=O)C(F)(F)F)c(OCCN)c2OC(=O)C(F)(F)F)c1. The molecule has 0 atom stereocenters. The van der Waals surface area contributed by atoms with Crippen LogP contribution in [-0.2, 0) is 14.4 Å². The number of nitrogens with two attached hydrogens (primary N) is 3. The summed E-state index contributed by atoms with van der Waals surface area (Å²) in [5, 5.41) is 7.42. The molecule has 2 aromatic carbocycles. The molecule has 13 nitrogen and oxygen atoms in total. The highest BCUT2D eigenvalue weighted by Crippen LogP contribution is 2.49. The van der Waals surface area contributed by atoms with Gasteiger partial charge in [0.1, 0.15) is 30.6 Å². The van der Waals surface area contributed by atoms with Gasteiger partial charge in [-0.05, 0) is 18.2 Å². The summed E-state index contributed by atoms with van der Waals surface area (Å²) in [4.78, 5) is 38.6. The van der Waals surface area contributed by atoms with Crippen LogP contribution in [-0.4, -0.2) is 74.4 Å². The van der Waals surface area contributed by atoms with E-state index in [9.17, 15) is 53.9 Å². The fourth-order valence-electron chi connectivity index (χ4n) is 2.98. The second-order valence-electron chi connectivity index (χ2n) is 8.27. The van der Waals surface area contributed by atoms with Crippen LogP contribution in [0.15, 0.2) is 35.3 Å². The lowest BCUT2D eigenvalue weighted by atomic mass is 10.1. The maximum Gasteiger partial charge on any atom is 0.491 e. The van der Waals surface area contributed by atoms with Gasteiger partial charge >= 0.3 is 36.4 Å². The number of nitrogens with zero attached hydrogens (tertiary/aromatic N) is 1. The molecule has 0 aliphatic heterocycles. The van der Waals surface area contributed by atoms with Crippen molar-refractivity contribution in [2.75, 3.05) is 26.3 Å². The number of carbonyl (C=O) groups excluding carboxylic acids is 3. The predicted octanol–water partition coefficient (Wildman–Crippen LogP) is 2.50. The van der Waals surface area contributed by atoms with Gasteiger partial charge in [-0.1, -0.05) is 12.1 Å². The van der Waals surface area contributed by atoms with Crippen molar-refractivity contribution in [3.8, 4) is 28.7 Å². The van der Waals surface area contributed by atoms with Crippen molar-refractivity contribution in [2.24, 2.45) is 22.2 Å². The molecule has 0 amide bonds. The van der Waals surface area contributed by atoms with E-state index in [1.807, 2.05) is 0 Å². The standard InChI is InChI=1S/C24H20F9N5O8/c25-22(26,27)19(39)44-13-9-12(18(37)38-5-7-42-11-3-1-2-10(8-11)17(35)36)14(45-20(40)23(28,29)30)16(43-6-4-34)15(13)46-21(41)24(31,32)33/h1-3,8-9H,4-7,34H2,(H3,35,36)(H2,37,38). The normalized spacial score (nSPS) is 12.3. The molecule has 0 fully saturated rings. The van der Waals surface area contributed by atoms with E-state index in [-0.39, 0.29) is 29.8 Å². The Hall–Kier alpha value is -5.28. The summed E-state index contributed by atoms with van der Waals surface area (Å²) in [5.74, 6) is -17.2. The zero-order valence-electron chi connectivity index (χ0n) is 22.6. The van der Waals surface area contributed by atoms with Crippen LogP contribution in [0.3, 0.4) is 0 Å². The quantitative estimate of drug-likeness (QED) is 0.0640. The first-order valence-electron chi connectivity index (χ1n) is 11.9. The van der Waals surface area contributed by atoms with E-state index in [4.69, 9.17) is 32.1 Å². The van der Waals surface area contributed by atoms with E-state index >= 15 is 0 Å². The molecule has 7 N–H and O–H groups in total. The maximum atomic E-state index is 13.1. The molecular weight excluding hydrogens is 657 g/mol. The summed E-state index contributed by atoms with van der Waals surface area (Å²) in [6, 6.07) is 5.78. The Kier molecular flexibility index (Phi) is 11.8. The first-order valence-corrected chi connectivity index (χ1v) is 11.9. The fraction of sp³-hybridized carbons (Fsp3) is 0.292. The first kappa shape index (κ1) is 36.9. The second-order valence-corrected chi connectivity index (χ2v) is 8.27. The molecule has 0 aromatic heterocycles. The summed E-state index contributed by atoms with van der Waals surface area (Å²) in [6.07, 6.45) is -17.5. The van der Waals surface area contributed by atoms with E-state index in [2.05, 4.69) is 19.2 Å². The number of hydrogen-bond acceptors (Lipinski definition) is 11. The van der Waals surface area contributed by atoms with Crippen LogP contribution >= 0.6 is 0 Å². The van der Waals surface area contributed by atoms with Gasteiger partial charge in [-0.2, -0.15) is 39.5 Å². The lowest BCUT2D eigenvalue weighted by molar-refractivity contribution is -0.192. The minimum absolute atomic E-state index is 0.0763. The number of nitrogen functional groups attached to an aromatic ring is 1. The number of halogens is 9. The number of amidine groups is 2. The van der Waals surface area contributed by atoms with Gasteiger partial charge in [0.25, 0.3) is 0 Å². The number of rotatable bonds is 12. The molecule has 0 spiro atoms. The highest BCUT2D eigenvalue weighted by Gasteiger charge is 2.47. The van der Waals surface area contributed by atoms with Gasteiger partial charge in [0.2, 0.25) is 11.5 Å². The molecule has 0 bridgehead atoms. The monoisotopic (exact) mass is 677 g/mol. The number of hydrogen-bond donors (Lipinski definition) is 4. The lowest BCUT2D eigenvalue weighted by Gasteiger charge is -2.21. The third kappa shape index (κ3) is 10.1. The second kappa shape index (κ2) is 14.7. The Morgan fingerprint density at radius 3 is 1.80 bits per heavy atom. The molecule has 0 saturated carbocycles. The average Bonchev–Trinajstić information content (AvgIpc) is 2.94. The Labute approximate surface area is 250 Å². The summed E-state index contributed by atoms with van der Waals surface area (Å²) in [5.41, 5.74) is 15.5. The Bertz CT molecular complexity index is 1510. The number of esters is 3. The van der Waals surface area contributed by atoms with E-state index in [0.29, 0.717) is 0 Å². The third-order valence-electron chi connectivity index (χ3n) is 4.87. The average molecular weight is 677 g/mol. The molecule has 0 aliphatic carbocycles. The first-order chi connectivity index (χ1) is 21.2. The van der Waals surface area contributed by atoms with Gasteiger partial charge in [-0.15, -0.1) is 0 Å². The van der Waals surface area contributed by atoms with Gasteiger partial charge in [-0.25, -0.2) is 14.4 Å². The van der Waals surface area contributed by atoms with Crippen LogP contribution in [0.5, 0.6) is 28.7 Å². The van der Waals surface area contributed by atoms with Crippen LogP contribution in [0, 0.1) is 5.41 Å². The number of nitrogens with one attached hydrogen (secondary N) is 1. The predicted molar refractivity (Wildman–Crippen MR) is 135 cm³/mol. The van der Waals surface area contributed by atoms with Crippen LogP contribution in [0.2, 0.25) is 0 Å². The van der Waals surface area contributed by atoms with E-state index in [0.717, 1.165) is 0 Å². The van der Waals surface area contributed by atoms with Crippen molar-refractivity contribution < 1.29 is 77.6 Å². The molecule has 0 radical (unpaired) electrons. The van der Waals surface area contributed by atoms with Crippen molar-refractivity contribution in [3.05, 3.63) is 41.5 Å². The van der Waals surface area contributed by atoms with Crippen molar-refractivity contribution in [3.63, 3.8) is 0 Å². The van der Waals surface area contributed by atoms with Crippen LogP contribution in [0.25, 0.3) is 0 Å². The van der Waals surface area contributed by atoms with Crippen molar-refractivity contribution in [1.29, 1.82) is 5.41 Å². The molecule has 46 heavy (non-hydrogen) atoms. The smallest absolute Gasteiger partial charge is 0.491 e. The summed E-state index contributed by atoms with van der Waals surface area (Å²) >= 11 is 0. The fourth-order valence-corrected chi connectivity index (χ4v) is 2.98. The molecule has 0 heterocycles. The Morgan fingerprint density at radius 2 is 1.28 bits per heavy atom. The minimum Gasteiger partial charge on any atom is -0.492 e. The number of carbonyl (C=O) groups is 3. The molecule has 0 saturated heterocycles. The molecule has 252 valence electrons. The van der Waals surface area contributed by atoms with E-state index < -0.39 is 90.5 Å². The van der Waals surface area contributed by atoms with Crippen LogP contribution in [0.1, 0.15) is 11.1 Å². The topological polar surface area (TPSA) is 212 Å². The van der Waals surface area contributed by atoms with Gasteiger partial charge in [0.05, 0.1) is 12.1 Å². The summed E-state index contributed by atoms with van der Waals surface area (Å²) < 4.78 is 140. The van der Waals surface area contributed by atoms with Crippen LogP contribution in [0.4, 0.5) is 39.5 Å². The molecule has 22 heteroatoms. The van der Waals surface area contributed by atoms with Gasteiger partial charge in [-0.3, -0.25) is 10.4 Å². The van der Waals surface area contributed by atoms with Crippen molar-refractivity contribution in [2.45, 2.75) is 18.5 Å². The van der Waals surface area contributed by atoms with Crippen molar-refractivity contribution >= 4 is 29.6 Å². The maximum absolute atomic E-state index is 13.1. The zero-order chi connectivity index (χ0) is 35.0. The Balaban J connectivity index is 2.74. The van der Waals surface area contributed by atoms with Crippen LogP contribution < -0.4 is 40.9 Å². The lowest BCUT2D eigenvalue weighted by Crippen LogP contribution is -2.32. The number of ether oxygens (including phenoxy) is 5. The number of benzene rings is 2. The zero-order valence-corrected chi connectivity index (χ0v) is 22.6. The minimum atomic E-state index is -5.87. The molecule has 0 unspecified atom stereocenters. The summed E-state index contributed by atoms with van der Waals surface area (Å²) in [6.45, 7) is -2.31. The van der Waals surface area contributed by atoms with Gasteiger partial charge in [0, 0.05) is 12.1 Å².